The summed E-state index contributed by atoms with van der Waals surface area (Å²) in [6.07, 6.45) is 2.00. The van der Waals surface area contributed by atoms with E-state index in [0.29, 0.717) is 19.0 Å². The molecular formula is C13H15Cl2NO3S. The minimum Gasteiger partial charge on any atom is -0.338 e. The zero-order valence-corrected chi connectivity index (χ0v) is 13.3. The normalized spacial score (nSPS) is 19.4. The van der Waals surface area contributed by atoms with E-state index in [9.17, 15) is 13.2 Å². The third-order valence-electron chi connectivity index (χ3n) is 3.55. The molecule has 0 N–H and O–H groups in total. The molecule has 0 spiro atoms. The lowest BCUT2D eigenvalue weighted by Crippen LogP contribution is -2.28. The van der Waals surface area contributed by atoms with E-state index in [4.69, 9.17) is 22.3 Å². The number of benzene rings is 1. The summed E-state index contributed by atoms with van der Waals surface area (Å²) < 4.78 is 22.7. The first kappa shape index (κ1) is 15.6. The highest BCUT2D eigenvalue weighted by atomic mass is 35.7. The molecule has 1 atom stereocenters. The van der Waals surface area contributed by atoms with Crippen LogP contribution in [0.1, 0.15) is 30.1 Å². The predicted octanol–water partition coefficient (Wildman–Crippen LogP) is 3.14. The van der Waals surface area contributed by atoms with E-state index in [0.717, 1.165) is 12.8 Å². The summed E-state index contributed by atoms with van der Waals surface area (Å²) in [4.78, 5) is 13.9. The quantitative estimate of drug-likeness (QED) is 0.797. The number of carbonyl (C=O) groups is 1. The number of hydrogen-bond acceptors (Lipinski definition) is 3. The van der Waals surface area contributed by atoms with Crippen molar-refractivity contribution in [2.24, 2.45) is 5.92 Å². The molecule has 0 bridgehead atoms. The van der Waals surface area contributed by atoms with Crippen LogP contribution >= 0.6 is 22.3 Å². The minimum atomic E-state index is -3.90. The fourth-order valence-electron chi connectivity index (χ4n) is 2.36. The van der Waals surface area contributed by atoms with E-state index in [1.165, 1.54) is 18.2 Å². The van der Waals surface area contributed by atoms with Gasteiger partial charge in [-0.05, 0) is 30.5 Å². The van der Waals surface area contributed by atoms with Crippen LogP contribution < -0.4 is 0 Å². The van der Waals surface area contributed by atoms with Crippen molar-refractivity contribution >= 4 is 37.2 Å². The smallest absolute Gasteiger partial charge is 0.261 e. The molecular weight excluding hydrogens is 321 g/mol. The third kappa shape index (κ3) is 3.45. The summed E-state index contributed by atoms with van der Waals surface area (Å²) in [5.74, 6) is 0.305. The van der Waals surface area contributed by atoms with Gasteiger partial charge in [0.1, 0.15) is 0 Å². The molecule has 1 heterocycles. The molecule has 110 valence electrons. The monoisotopic (exact) mass is 335 g/mol. The van der Waals surface area contributed by atoms with Crippen LogP contribution in [0, 0.1) is 5.92 Å². The van der Waals surface area contributed by atoms with Crippen LogP contribution in [0.2, 0.25) is 5.02 Å². The number of amides is 1. The molecule has 0 aromatic heterocycles. The Morgan fingerprint density at radius 1 is 1.40 bits per heavy atom. The molecule has 7 heteroatoms. The van der Waals surface area contributed by atoms with Crippen LogP contribution in [0.5, 0.6) is 0 Å². The Labute approximate surface area is 128 Å². The van der Waals surface area contributed by atoms with E-state index in [2.05, 4.69) is 6.92 Å². The highest BCUT2D eigenvalue weighted by Gasteiger charge is 2.26. The van der Waals surface area contributed by atoms with Crippen LogP contribution in [-0.4, -0.2) is 32.3 Å². The van der Waals surface area contributed by atoms with Gasteiger partial charge in [-0.2, -0.15) is 0 Å². The van der Waals surface area contributed by atoms with Crippen molar-refractivity contribution in [1.29, 1.82) is 0 Å². The first-order valence-corrected chi connectivity index (χ1v) is 9.04. The lowest BCUT2D eigenvalue weighted by Gasteiger charge is -2.16. The topological polar surface area (TPSA) is 54.5 Å². The summed E-state index contributed by atoms with van der Waals surface area (Å²) in [5, 5.41) is 0.182. The summed E-state index contributed by atoms with van der Waals surface area (Å²) >= 11 is 5.87. The summed E-state index contributed by atoms with van der Waals surface area (Å²) in [7, 11) is 1.40. The van der Waals surface area contributed by atoms with Crippen molar-refractivity contribution in [3.05, 3.63) is 28.8 Å². The van der Waals surface area contributed by atoms with Gasteiger partial charge in [0.25, 0.3) is 15.0 Å². The fourth-order valence-corrected chi connectivity index (χ4v) is 3.46. The average Bonchev–Trinajstić information content (AvgIpc) is 2.84. The number of halogens is 2. The highest BCUT2D eigenvalue weighted by Crippen LogP contribution is 2.25. The Morgan fingerprint density at radius 3 is 2.65 bits per heavy atom. The maximum atomic E-state index is 12.4. The van der Waals surface area contributed by atoms with Crippen molar-refractivity contribution < 1.29 is 13.2 Å². The molecule has 1 aliphatic rings. The zero-order valence-electron chi connectivity index (χ0n) is 11.0. The number of likely N-dealkylation sites (tertiary alicyclic amines) is 1. The Balaban J connectivity index is 2.29. The van der Waals surface area contributed by atoms with Crippen LogP contribution in [0.4, 0.5) is 0 Å². The maximum Gasteiger partial charge on any atom is 0.261 e. The molecule has 1 aromatic carbocycles. The number of rotatable bonds is 3. The van der Waals surface area contributed by atoms with Gasteiger partial charge in [0, 0.05) is 34.4 Å². The molecule has 0 saturated carbocycles. The fraction of sp³-hybridized carbons (Fsp3) is 0.462. The van der Waals surface area contributed by atoms with Crippen LogP contribution in [0.3, 0.4) is 0 Å². The molecule has 1 amide bonds. The van der Waals surface area contributed by atoms with Crippen molar-refractivity contribution in [3.8, 4) is 0 Å². The van der Waals surface area contributed by atoms with Gasteiger partial charge in [-0.25, -0.2) is 8.42 Å². The molecule has 1 fully saturated rings. The number of carbonyl (C=O) groups excluding carboxylic acids is 1. The second kappa shape index (κ2) is 5.92. The van der Waals surface area contributed by atoms with Crippen molar-refractivity contribution in [2.75, 3.05) is 13.1 Å². The van der Waals surface area contributed by atoms with Gasteiger partial charge in [0.15, 0.2) is 0 Å². The summed E-state index contributed by atoms with van der Waals surface area (Å²) in [5.41, 5.74) is 0.258. The van der Waals surface area contributed by atoms with E-state index in [1.807, 2.05) is 0 Å². The summed E-state index contributed by atoms with van der Waals surface area (Å²) in [6.45, 7) is 3.48. The highest BCUT2D eigenvalue weighted by molar-refractivity contribution is 8.13. The Hall–Kier alpha value is -0.780. The average molecular weight is 336 g/mol. The second-order valence-corrected chi connectivity index (χ2v) is 7.93. The Morgan fingerprint density at radius 2 is 2.10 bits per heavy atom. The maximum absolute atomic E-state index is 12.4. The van der Waals surface area contributed by atoms with Gasteiger partial charge >= 0.3 is 0 Å². The van der Waals surface area contributed by atoms with Gasteiger partial charge in [0.05, 0.1) is 4.90 Å². The third-order valence-corrected chi connectivity index (χ3v) is 5.10. The van der Waals surface area contributed by atoms with Crippen molar-refractivity contribution in [2.45, 2.75) is 24.7 Å². The molecule has 2 rings (SSSR count). The molecule has 1 aliphatic heterocycles. The molecule has 20 heavy (non-hydrogen) atoms. The van der Waals surface area contributed by atoms with E-state index < -0.39 is 9.05 Å². The van der Waals surface area contributed by atoms with Gasteiger partial charge in [-0.15, -0.1) is 0 Å². The predicted molar refractivity (Wildman–Crippen MR) is 78.8 cm³/mol. The van der Waals surface area contributed by atoms with E-state index in [1.54, 1.807) is 4.90 Å². The molecule has 4 nitrogen and oxygen atoms in total. The molecule has 0 aliphatic carbocycles. The number of hydrogen-bond donors (Lipinski definition) is 0. The molecule has 1 saturated heterocycles. The van der Waals surface area contributed by atoms with Gasteiger partial charge < -0.3 is 4.90 Å². The van der Waals surface area contributed by atoms with Crippen LogP contribution in [0.15, 0.2) is 23.1 Å². The zero-order chi connectivity index (χ0) is 14.9. The second-order valence-electron chi connectivity index (χ2n) is 4.93. The minimum absolute atomic E-state index is 0.152. The Kier molecular flexibility index (Phi) is 4.62. The summed E-state index contributed by atoms with van der Waals surface area (Å²) in [6, 6.07) is 3.98. The van der Waals surface area contributed by atoms with Gasteiger partial charge in [-0.3, -0.25) is 4.79 Å². The van der Waals surface area contributed by atoms with Crippen LogP contribution in [-0.2, 0) is 9.05 Å². The van der Waals surface area contributed by atoms with E-state index in [-0.39, 0.29) is 21.4 Å². The lowest BCUT2D eigenvalue weighted by atomic mass is 10.1. The SMILES string of the molecule is CCC1CCN(C(=O)c2cc(Cl)cc(S(=O)(=O)Cl)c2)C1. The van der Waals surface area contributed by atoms with Crippen molar-refractivity contribution in [1.82, 2.24) is 4.90 Å². The van der Waals surface area contributed by atoms with Gasteiger partial charge in [-0.1, -0.05) is 24.9 Å². The van der Waals surface area contributed by atoms with Crippen molar-refractivity contribution in [3.63, 3.8) is 0 Å². The molecule has 1 aromatic rings. The van der Waals surface area contributed by atoms with Gasteiger partial charge in [0.2, 0.25) is 0 Å². The largest absolute Gasteiger partial charge is 0.338 e. The Bertz CT molecular complexity index is 631. The molecule has 1 unspecified atom stereocenters. The standard InChI is InChI=1S/C13H15Cl2NO3S/c1-2-9-3-4-16(8-9)13(17)10-5-11(14)7-12(6-10)20(15,18)19/h5-7,9H,2-4,8H2,1H3. The molecule has 0 radical (unpaired) electrons. The number of nitrogens with zero attached hydrogens (tertiary/aromatic N) is 1. The van der Waals surface area contributed by atoms with E-state index >= 15 is 0 Å². The first-order chi connectivity index (χ1) is 9.31. The van der Waals surface area contributed by atoms with Crippen LogP contribution in [0.25, 0.3) is 0 Å². The first-order valence-electron chi connectivity index (χ1n) is 6.35. The lowest BCUT2D eigenvalue weighted by molar-refractivity contribution is 0.0786.